The van der Waals surface area contributed by atoms with Gasteiger partial charge in [0.05, 0.1) is 12.1 Å². The third kappa shape index (κ3) is 1.91. The van der Waals surface area contributed by atoms with E-state index in [0.717, 1.165) is 32.5 Å². The predicted octanol–water partition coefficient (Wildman–Crippen LogP) is 2.05. The fourth-order valence-corrected chi connectivity index (χ4v) is 4.09. The van der Waals surface area contributed by atoms with Gasteiger partial charge in [0.2, 0.25) is 0 Å². The molecule has 0 radical (unpaired) electrons. The number of rotatable bonds is 2. The molecule has 0 aromatic heterocycles. The Balaban J connectivity index is 0.00000133. The van der Waals surface area contributed by atoms with Gasteiger partial charge in [0.1, 0.15) is 0 Å². The molecule has 18 heavy (non-hydrogen) atoms. The van der Waals surface area contributed by atoms with E-state index in [2.05, 4.69) is 22.0 Å². The van der Waals surface area contributed by atoms with Crippen LogP contribution in [0.3, 0.4) is 0 Å². The summed E-state index contributed by atoms with van der Waals surface area (Å²) in [5.74, 6) is 0. The molecule has 2 aliphatic heterocycles. The lowest BCUT2D eigenvalue weighted by Crippen LogP contribution is -2.49. The number of fused-ring (bicyclic) bond motifs is 1. The van der Waals surface area contributed by atoms with E-state index in [4.69, 9.17) is 0 Å². The van der Waals surface area contributed by atoms with Crippen LogP contribution >= 0.6 is 0 Å². The normalized spacial score (nSPS) is 33.9. The fourth-order valence-electron chi connectivity index (χ4n) is 4.09. The lowest BCUT2D eigenvalue weighted by Gasteiger charge is -2.37. The quantitative estimate of drug-likeness (QED) is 0.817. The summed E-state index contributed by atoms with van der Waals surface area (Å²) >= 11 is 0. The highest BCUT2D eigenvalue weighted by molar-refractivity contribution is 5.78. The summed E-state index contributed by atoms with van der Waals surface area (Å²) < 4.78 is 0. The van der Waals surface area contributed by atoms with Crippen LogP contribution in [0.1, 0.15) is 46.9 Å². The maximum atomic E-state index is 12.6. The largest absolute Gasteiger partial charge is 0.320 e. The van der Waals surface area contributed by atoms with Crippen molar-refractivity contribution in [1.29, 1.82) is 0 Å². The van der Waals surface area contributed by atoms with Crippen molar-refractivity contribution in [3.05, 3.63) is 0 Å². The molecule has 3 rings (SSSR count). The van der Waals surface area contributed by atoms with Crippen LogP contribution in [0.15, 0.2) is 0 Å². The molecule has 0 aromatic carbocycles. The van der Waals surface area contributed by atoms with Crippen LogP contribution in [0.5, 0.6) is 0 Å². The first-order valence-electron chi connectivity index (χ1n) is 7.62. The Bertz CT molecular complexity index is 320. The second-order valence-electron chi connectivity index (χ2n) is 5.88. The van der Waals surface area contributed by atoms with Crippen molar-refractivity contribution >= 4 is 6.03 Å². The van der Waals surface area contributed by atoms with Crippen molar-refractivity contribution in [2.45, 2.75) is 63.6 Å². The molecule has 2 atom stereocenters. The second kappa shape index (κ2) is 5.08. The lowest BCUT2D eigenvalue weighted by atomic mass is 9.89. The summed E-state index contributed by atoms with van der Waals surface area (Å²) in [6, 6.07) is 1.82. The Morgan fingerprint density at radius 1 is 1.17 bits per heavy atom. The smallest absolute Gasteiger partial charge is 0.320 e. The minimum absolute atomic E-state index is 0. The molecular weight excluding hydrogens is 226 g/mol. The molecule has 0 spiro atoms. The molecular formula is C14H27N3O. The molecule has 3 aliphatic rings. The van der Waals surface area contributed by atoms with E-state index in [1.165, 1.54) is 25.7 Å². The summed E-state index contributed by atoms with van der Waals surface area (Å²) in [5, 5.41) is 3.40. The average molecular weight is 253 g/mol. The molecule has 104 valence electrons. The highest BCUT2D eigenvalue weighted by atomic mass is 16.2. The molecule has 2 amide bonds. The number of nitrogens with zero attached hydrogens (tertiary/aromatic N) is 2. The van der Waals surface area contributed by atoms with E-state index in [1.807, 2.05) is 0 Å². The molecule has 3 fully saturated rings. The summed E-state index contributed by atoms with van der Waals surface area (Å²) in [7, 11) is 0. The monoisotopic (exact) mass is 253 g/mol. The standard InChI is InChI=1S/C14H25N3O.H2/c1-2-16-12-5-3-4-6-13(12)17(14(16)18)11-7-9-15-10-8-11;/h11-13,15H,2-10H2,1H3;1H/t12?,13-;/m0./s1. The number of piperidine rings is 1. The van der Waals surface area contributed by atoms with Gasteiger partial charge in [-0.05, 0) is 45.7 Å². The predicted molar refractivity (Wildman–Crippen MR) is 73.7 cm³/mol. The number of likely N-dealkylation sites (N-methyl/N-ethyl adjacent to an activating group) is 1. The molecule has 1 unspecified atom stereocenters. The minimum Gasteiger partial charge on any atom is -0.320 e. The minimum atomic E-state index is 0. The van der Waals surface area contributed by atoms with Gasteiger partial charge in [0.25, 0.3) is 0 Å². The first-order valence-corrected chi connectivity index (χ1v) is 7.62. The second-order valence-corrected chi connectivity index (χ2v) is 5.88. The number of carbonyl (C=O) groups excluding carboxylic acids is 1. The van der Waals surface area contributed by atoms with E-state index in [0.29, 0.717) is 24.2 Å². The van der Waals surface area contributed by atoms with Gasteiger partial charge in [-0.2, -0.15) is 0 Å². The highest BCUT2D eigenvalue weighted by Gasteiger charge is 2.48. The van der Waals surface area contributed by atoms with Gasteiger partial charge in [-0.1, -0.05) is 12.8 Å². The van der Waals surface area contributed by atoms with Gasteiger partial charge in [0.15, 0.2) is 0 Å². The van der Waals surface area contributed by atoms with Crippen LogP contribution in [0.2, 0.25) is 0 Å². The third-order valence-electron chi connectivity index (χ3n) is 4.96. The Morgan fingerprint density at radius 3 is 2.50 bits per heavy atom. The van der Waals surface area contributed by atoms with Crippen LogP contribution in [0.4, 0.5) is 4.79 Å². The zero-order chi connectivity index (χ0) is 12.5. The third-order valence-corrected chi connectivity index (χ3v) is 4.96. The average Bonchev–Trinajstić information content (AvgIpc) is 2.71. The number of hydrogen-bond acceptors (Lipinski definition) is 2. The molecule has 1 aliphatic carbocycles. The van der Waals surface area contributed by atoms with Crippen molar-refractivity contribution in [3.8, 4) is 0 Å². The Hall–Kier alpha value is -0.770. The van der Waals surface area contributed by atoms with Gasteiger partial charge in [-0.25, -0.2) is 4.79 Å². The molecule has 2 heterocycles. The van der Waals surface area contributed by atoms with Crippen molar-refractivity contribution in [3.63, 3.8) is 0 Å². The number of nitrogens with one attached hydrogen (secondary N) is 1. The lowest BCUT2D eigenvalue weighted by molar-refractivity contribution is 0.138. The summed E-state index contributed by atoms with van der Waals surface area (Å²) in [5.41, 5.74) is 0. The first-order chi connectivity index (χ1) is 8.83. The molecule has 1 saturated carbocycles. The number of carbonyl (C=O) groups is 1. The van der Waals surface area contributed by atoms with Gasteiger partial charge < -0.3 is 15.1 Å². The fraction of sp³-hybridized carbons (Fsp3) is 0.929. The molecule has 2 saturated heterocycles. The Labute approximate surface area is 111 Å². The van der Waals surface area contributed by atoms with Crippen LogP contribution in [0, 0.1) is 0 Å². The van der Waals surface area contributed by atoms with Gasteiger partial charge in [-0.3, -0.25) is 0 Å². The van der Waals surface area contributed by atoms with E-state index >= 15 is 0 Å². The van der Waals surface area contributed by atoms with E-state index in [1.54, 1.807) is 0 Å². The van der Waals surface area contributed by atoms with Crippen molar-refractivity contribution in [2.75, 3.05) is 19.6 Å². The van der Waals surface area contributed by atoms with E-state index < -0.39 is 0 Å². The first kappa shape index (κ1) is 12.3. The van der Waals surface area contributed by atoms with Gasteiger partial charge in [0, 0.05) is 14.0 Å². The molecule has 0 aromatic rings. The van der Waals surface area contributed by atoms with Crippen molar-refractivity contribution < 1.29 is 6.22 Å². The maximum absolute atomic E-state index is 12.6. The summed E-state index contributed by atoms with van der Waals surface area (Å²) in [6.45, 7) is 5.13. The van der Waals surface area contributed by atoms with Crippen LogP contribution in [-0.2, 0) is 0 Å². The van der Waals surface area contributed by atoms with Crippen molar-refractivity contribution in [2.24, 2.45) is 0 Å². The molecule has 4 heteroatoms. The maximum Gasteiger partial charge on any atom is 0.320 e. The highest BCUT2D eigenvalue weighted by Crippen LogP contribution is 2.36. The van der Waals surface area contributed by atoms with Gasteiger partial charge in [-0.15, -0.1) is 0 Å². The molecule has 0 bridgehead atoms. The van der Waals surface area contributed by atoms with Crippen LogP contribution in [0.25, 0.3) is 0 Å². The zero-order valence-electron chi connectivity index (χ0n) is 11.4. The number of urea groups is 1. The van der Waals surface area contributed by atoms with Gasteiger partial charge >= 0.3 is 6.03 Å². The Morgan fingerprint density at radius 2 is 1.83 bits per heavy atom. The molecule has 1 N–H and O–H groups in total. The van der Waals surface area contributed by atoms with E-state index in [-0.39, 0.29) is 1.43 Å². The summed E-state index contributed by atoms with van der Waals surface area (Å²) in [4.78, 5) is 17.0. The van der Waals surface area contributed by atoms with E-state index in [9.17, 15) is 4.79 Å². The SMILES string of the molecule is CCN1C(=O)N(C2CCNCC2)[C@H]2CCCCC21.[HH]. The Kier molecular flexibility index (Phi) is 3.46. The van der Waals surface area contributed by atoms with Crippen molar-refractivity contribution in [1.82, 2.24) is 15.1 Å². The zero-order valence-corrected chi connectivity index (χ0v) is 11.4. The number of hydrogen-bond donors (Lipinski definition) is 1. The summed E-state index contributed by atoms with van der Waals surface area (Å²) in [6.07, 6.45) is 7.29. The van der Waals surface area contributed by atoms with Crippen LogP contribution in [-0.4, -0.2) is 53.6 Å². The molecule has 4 nitrogen and oxygen atoms in total. The number of amides is 2. The topological polar surface area (TPSA) is 35.6 Å². The van der Waals surface area contributed by atoms with Crippen LogP contribution < -0.4 is 5.32 Å².